The smallest absolute Gasteiger partial charge is 0.230 e. The number of carbonyl (C=O) groups excluding carboxylic acids is 2. The van der Waals surface area contributed by atoms with Crippen molar-refractivity contribution in [2.45, 2.75) is 32.1 Å². The summed E-state index contributed by atoms with van der Waals surface area (Å²) >= 11 is 0. The molecule has 2 unspecified atom stereocenters. The molecule has 1 aromatic rings. The first kappa shape index (κ1) is 22.3. The summed E-state index contributed by atoms with van der Waals surface area (Å²) in [6.45, 7) is 3.80. The van der Waals surface area contributed by atoms with Gasteiger partial charge in [0.05, 0.1) is 11.7 Å². The molecule has 2 atom stereocenters. The van der Waals surface area contributed by atoms with Gasteiger partial charge in [-0.15, -0.1) is 0 Å². The van der Waals surface area contributed by atoms with Crippen molar-refractivity contribution >= 4 is 27.3 Å². The summed E-state index contributed by atoms with van der Waals surface area (Å²) in [7, 11) is -2.98. The van der Waals surface area contributed by atoms with E-state index in [1.54, 1.807) is 0 Å². The summed E-state index contributed by atoms with van der Waals surface area (Å²) in [5.41, 5.74) is 2.21. The molecule has 2 aliphatic heterocycles. The molecule has 2 fully saturated rings. The highest BCUT2D eigenvalue weighted by Crippen LogP contribution is 2.36. The molecule has 7 nitrogen and oxygen atoms in total. The van der Waals surface area contributed by atoms with Crippen LogP contribution >= 0.6 is 0 Å². The number of carbonyl (C=O) groups is 2. The lowest BCUT2D eigenvalue weighted by Crippen LogP contribution is -2.53. The first-order valence-corrected chi connectivity index (χ1v) is 13.5. The van der Waals surface area contributed by atoms with Gasteiger partial charge in [-0.3, -0.25) is 14.5 Å². The van der Waals surface area contributed by atoms with Crippen LogP contribution < -0.4 is 4.90 Å². The summed E-state index contributed by atoms with van der Waals surface area (Å²) in [6.07, 6.45) is 5.68. The van der Waals surface area contributed by atoms with Crippen LogP contribution in [0.3, 0.4) is 0 Å². The number of hydrogen-bond acceptors (Lipinski definition) is 5. The number of benzene rings is 1. The van der Waals surface area contributed by atoms with E-state index in [2.05, 4.69) is 11.0 Å². The minimum absolute atomic E-state index is 0.105. The highest BCUT2D eigenvalue weighted by Gasteiger charge is 2.41. The van der Waals surface area contributed by atoms with E-state index < -0.39 is 9.84 Å². The zero-order valence-electron chi connectivity index (χ0n) is 18.3. The quantitative estimate of drug-likeness (QED) is 0.685. The maximum absolute atomic E-state index is 13.5. The van der Waals surface area contributed by atoms with E-state index in [4.69, 9.17) is 0 Å². The molecular formula is C23H33N3O4S. The van der Waals surface area contributed by atoms with Crippen LogP contribution in [0, 0.1) is 11.8 Å². The lowest BCUT2D eigenvalue weighted by molar-refractivity contribution is -0.144. The molecule has 0 spiro atoms. The predicted octanol–water partition coefficient (Wildman–Crippen LogP) is 1.57. The molecule has 170 valence electrons. The van der Waals surface area contributed by atoms with Crippen molar-refractivity contribution < 1.29 is 18.0 Å². The van der Waals surface area contributed by atoms with Crippen LogP contribution in [0.25, 0.3) is 0 Å². The van der Waals surface area contributed by atoms with Crippen molar-refractivity contribution in [3.63, 3.8) is 0 Å². The Morgan fingerprint density at radius 3 is 2.26 bits per heavy atom. The molecule has 31 heavy (non-hydrogen) atoms. The van der Waals surface area contributed by atoms with Gasteiger partial charge in [-0.2, -0.15) is 0 Å². The average molecular weight is 448 g/mol. The van der Waals surface area contributed by atoms with Crippen molar-refractivity contribution in [1.29, 1.82) is 0 Å². The van der Waals surface area contributed by atoms with Crippen molar-refractivity contribution in [2.24, 2.45) is 11.8 Å². The Hall–Kier alpha value is -1.93. The Kier molecular flexibility index (Phi) is 6.67. The standard InChI is InChI=1S/C23H33N3O4S/c1-31(29,30)17-16-24-12-14-25(15-13-24)22(27)19-7-3-4-8-20(19)23(28)26-11-10-18-6-2-5-9-21(18)26/h2,5-6,9,19-20H,3-4,7-8,10-17H2,1H3. The van der Waals surface area contributed by atoms with Crippen molar-refractivity contribution in [3.8, 4) is 0 Å². The SMILES string of the molecule is CS(=O)(=O)CCN1CCN(C(=O)C2CCCCC2C(=O)N2CCc3ccccc32)CC1. The first-order valence-electron chi connectivity index (χ1n) is 11.4. The fraction of sp³-hybridized carbons (Fsp3) is 0.652. The van der Waals surface area contributed by atoms with Crippen LogP contribution in [-0.2, 0) is 25.8 Å². The number of amides is 2. The van der Waals surface area contributed by atoms with E-state index in [1.807, 2.05) is 28.0 Å². The molecule has 0 N–H and O–H groups in total. The number of nitrogens with zero attached hydrogens (tertiary/aromatic N) is 3. The lowest BCUT2D eigenvalue weighted by atomic mass is 9.77. The number of rotatable bonds is 5. The fourth-order valence-electron chi connectivity index (χ4n) is 5.21. The number of para-hydroxylation sites is 1. The molecular weight excluding hydrogens is 414 g/mol. The Morgan fingerprint density at radius 1 is 0.935 bits per heavy atom. The zero-order valence-corrected chi connectivity index (χ0v) is 19.1. The highest BCUT2D eigenvalue weighted by molar-refractivity contribution is 7.90. The summed E-state index contributed by atoms with van der Waals surface area (Å²) in [5.74, 6) is -0.118. The lowest BCUT2D eigenvalue weighted by Gasteiger charge is -2.39. The maximum atomic E-state index is 13.5. The molecule has 2 heterocycles. The van der Waals surface area contributed by atoms with Gasteiger partial charge in [-0.05, 0) is 30.9 Å². The first-order chi connectivity index (χ1) is 14.8. The second-order valence-corrected chi connectivity index (χ2v) is 11.4. The van der Waals surface area contributed by atoms with Gasteiger partial charge >= 0.3 is 0 Å². The van der Waals surface area contributed by atoms with Crippen LogP contribution in [0.2, 0.25) is 0 Å². The molecule has 0 aromatic heterocycles. The normalized spacial score (nSPS) is 24.8. The Morgan fingerprint density at radius 2 is 1.58 bits per heavy atom. The largest absolute Gasteiger partial charge is 0.340 e. The van der Waals surface area contributed by atoms with E-state index in [-0.39, 0.29) is 29.4 Å². The number of hydrogen-bond donors (Lipinski definition) is 0. The third kappa shape index (κ3) is 5.12. The Labute approximate surface area is 185 Å². The van der Waals surface area contributed by atoms with E-state index >= 15 is 0 Å². The van der Waals surface area contributed by atoms with Gasteiger partial charge in [0.25, 0.3) is 0 Å². The second kappa shape index (κ2) is 9.28. The van der Waals surface area contributed by atoms with Crippen molar-refractivity contribution in [3.05, 3.63) is 29.8 Å². The van der Waals surface area contributed by atoms with Crippen LogP contribution in [0.4, 0.5) is 5.69 Å². The average Bonchev–Trinajstić information content (AvgIpc) is 3.21. The zero-order chi connectivity index (χ0) is 22.0. The molecule has 8 heteroatoms. The van der Waals surface area contributed by atoms with E-state index in [0.29, 0.717) is 39.3 Å². The third-order valence-corrected chi connectivity index (χ3v) is 7.94. The van der Waals surface area contributed by atoms with Gasteiger partial charge in [-0.25, -0.2) is 8.42 Å². The maximum Gasteiger partial charge on any atom is 0.230 e. The van der Waals surface area contributed by atoms with Crippen LogP contribution in [0.5, 0.6) is 0 Å². The van der Waals surface area contributed by atoms with Gasteiger partial charge in [0.2, 0.25) is 11.8 Å². The number of fused-ring (bicyclic) bond motifs is 1. The molecule has 4 rings (SSSR count). The Bertz CT molecular complexity index is 925. The number of sulfone groups is 1. The molecule has 0 bridgehead atoms. The molecule has 1 aliphatic carbocycles. The molecule has 1 aromatic carbocycles. The molecule has 0 radical (unpaired) electrons. The van der Waals surface area contributed by atoms with E-state index in [9.17, 15) is 18.0 Å². The number of piperazine rings is 1. The Balaban J connectivity index is 1.39. The van der Waals surface area contributed by atoms with E-state index in [1.165, 1.54) is 11.8 Å². The van der Waals surface area contributed by atoms with Crippen LogP contribution in [0.15, 0.2) is 24.3 Å². The number of anilines is 1. The summed E-state index contributed by atoms with van der Waals surface area (Å²) in [5, 5.41) is 0. The summed E-state index contributed by atoms with van der Waals surface area (Å²) in [4.78, 5) is 32.8. The van der Waals surface area contributed by atoms with Crippen LogP contribution in [-0.4, -0.2) is 81.3 Å². The van der Waals surface area contributed by atoms with Gasteiger partial charge in [0, 0.05) is 57.1 Å². The third-order valence-electron chi connectivity index (χ3n) is 7.02. The van der Waals surface area contributed by atoms with Gasteiger partial charge < -0.3 is 9.80 Å². The minimum atomic E-state index is -2.98. The van der Waals surface area contributed by atoms with Crippen LogP contribution in [0.1, 0.15) is 31.2 Å². The topological polar surface area (TPSA) is 78.0 Å². The van der Waals surface area contributed by atoms with E-state index in [0.717, 1.165) is 37.8 Å². The second-order valence-electron chi connectivity index (χ2n) is 9.16. The van der Waals surface area contributed by atoms with Crippen molar-refractivity contribution in [2.75, 3.05) is 56.2 Å². The summed E-state index contributed by atoms with van der Waals surface area (Å²) in [6, 6.07) is 8.07. The summed E-state index contributed by atoms with van der Waals surface area (Å²) < 4.78 is 22.8. The molecule has 1 saturated carbocycles. The van der Waals surface area contributed by atoms with Gasteiger partial charge in [-0.1, -0.05) is 31.0 Å². The minimum Gasteiger partial charge on any atom is -0.340 e. The van der Waals surface area contributed by atoms with Gasteiger partial charge in [0.15, 0.2) is 0 Å². The predicted molar refractivity (Wildman–Crippen MR) is 121 cm³/mol. The fourth-order valence-corrected chi connectivity index (χ4v) is 5.80. The van der Waals surface area contributed by atoms with Crippen molar-refractivity contribution in [1.82, 2.24) is 9.80 Å². The van der Waals surface area contributed by atoms with Gasteiger partial charge in [0.1, 0.15) is 9.84 Å². The molecule has 2 amide bonds. The molecule has 1 saturated heterocycles. The highest BCUT2D eigenvalue weighted by atomic mass is 32.2. The monoisotopic (exact) mass is 447 g/mol. The molecule has 3 aliphatic rings.